The molecule has 0 fully saturated rings. The van der Waals surface area contributed by atoms with E-state index in [1.165, 1.54) is 25.3 Å². The molecule has 1 aliphatic rings. The number of hydrogen-bond acceptors (Lipinski definition) is 6. The van der Waals surface area contributed by atoms with Gasteiger partial charge in [0.1, 0.15) is 17.1 Å². The van der Waals surface area contributed by atoms with Gasteiger partial charge in [-0.15, -0.1) is 0 Å². The van der Waals surface area contributed by atoms with Crippen molar-refractivity contribution in [1.82, 2.24) is 0 Å². The minimum atomic E-state index is -0.785. The Morgan fingerprint density at radius 2 is 1.76 bits per heavy atom. The molecule has 2 N–H and O–H groups in total. The summed E-state index contributed by atoms with van der Waals surface area (Å²) in [5.74, 6) is -2.51. The van der Waals surface area contributed by atoms with Crippen LogP contribution in [0.4, 0.5) is 0 Å². The van der Waals surface area contributed by atoms with Crippen molar-refractivity contribution in [3.63, 3.8) is 0 Å². The molecule has 0 unspecified atom stereocenters. The molecular formula is C19H16O6. The number of esters is 1. The number of rotatable bonds is 3. The molecule has 2 aromatic rings. The highest BCUT2D eigenvalue weighted by atomic mass is 16.5. The topological polar surface area (TPSA) is 101 Å². The fourth-order valence-corrected chi connectivity index (χ4v) is 3.23. The molecule has 0 heterocycles. The first-order valence-corrected chi connectivity index (χ1v) is 7.80. The number of phenols is 2. The molecule has 128 valence electrons. The molecule has 0 spiro atoms. The van der Waals surface area contributed by atoms with Crippen LogP contribution >= 0.6 is 0 Å². The number of methoxy groups -OCH3 is 1. The Labute approximate surface area is 143 Å². The standard InChI is InChI=1S/C19H16O6/c1-3-5-9-14-11(8-13(21)16(9)19(24)25-2)17(22)10-6-4-7-12(20)15(10)18(14)23/h4,6-8,20-21H,3,5H2,1-2H3. The summed E-state index contributed by atoms with van der Waals surface area (Å²) in [6, 6.07) is 5.37. The minimum Gasteiger partial charge on any atom is -0.507 e. The number of benzene rings is 2. The molecule has 0 saturated heterocycles. The average molecular weight is 340 g/mol. The highest BCUT2D eigenvalue weighted by Gasteiger charge is 2.36. The maximum atomic E-state index is 13.0. The molecule has 0 saturated carbocycles. The van der Waals surface area contributed by atoms with Crippen molar-refractivity contribution >= 4 is 17.5 Å². The molecule has 0 aliphatic heterocycles. The molecule has 3 rings (SSSR count). The van der Waals surface area contributed by atoms with E-state index >= 15 is 0 Å². The van der Waals surface area contributed by atoms with E-state index in [0.717, 1.165) is 6.07 Å². The van der Waals surface area contributed by atoms with Gasteiger partial charge in [-0.2, -0.15) is 0 Å². The maximum absolute atomic E-state index is 13.0. The normalized spacial score (nSPS) is 12.6. The Kier molecular flexibility index (Phi) is 4.04. The summed E-state index contributed by atoms with van der Waals surface area (Å²) in [5.41, 5.74) is 0.194. The number of carbonyl (C=O) groups is 3. The van der Waals surface area contributed by atoms with Crippen molar-refractivity contribution in [2.45, 2.75) is 19.8 Å². The number of hydrogen-bond donors (Lipinski definition) is 2. The van der Waals surface area contributed by atoms with Crippen LogP contribution in [0.3, 0.4) is 0 Å². The summed E-state index contributed by atoms with van der Waals surface area (Å²) in [4.78, 5) is 37.9. The number of aromatic hydroxyl groups is 2. The van der Waals surface area contributed by atoms with Crippen LogP contribution in [-0.2, 0) is 11.2 Å². The van der Waals surface area contributed by atoms with Crippen LogP contribution in [0.15, 0.2) is 24.3 Å². The smallest absolute Gasteiger partial charge is 0.341 e. The average Bonchev–Trinajstić information content (AvgIpc) is 2.59. The molecule has 1 aliphatic carbocycles. The summed E-state index contributed by atoms with van der Waals surface area (Å²) in [5, 5.41) is 20.3. The Hall–Kier alpha value is -3.15. The predicted molar refractivity (Wildman–Crippen MR) is 88.4 cm³/mol. The highest BCUT2D eigenvalue weighted by molar-refractivity contribution is 6.30. The second-order valence-corrected chi connectivity index (χ2v) is 5.77. The summed E-state index contributed by atoms with van der Waals surface area (Å²) in [6.07, 6.45) is 0.873. The van der Waals surface area contributed by atoms with Gasteiger partial charge in [0, 0.05) is 16.7 Å². The SMILES string of the molecule is CCCc1c(C(=O)OC)c(O)cc2c1C(=O)c1c(O)cccc1C2=O. The van der Waals surface area contributed by atoms with Crippen LogP contribution in [0, 0.1) is 0 Å². The van der Waals surface area contributed by atoms with Crippen LogP contribution in [0.5, 0.6) is 11.5 Å². The maximum Gasteiger partial charge on any atom is 0.341 e. The van der Waals surface area contributed by atoms with E-state index in [2.05, 4.69) is 0 Å². The summed E-state index contributed by atoms with van der Waals surface area (Å²) in [7, 11) is 1.17. The van der Waals surface area contributed by atoms with Crippen molar-refractivity contribution in [2.24, 2.45) is 0 Å². The fourth-order valence-electron chi connectivity index (χ4n) is 3.23. The number of ketones is 2. The third-order valence-electron chi connectivity index (χ3n) is 4.29. The van der Waals surface area contributed by atoms with Gasteiger partial charge in [-0.25, -0.2) is 4.79 Å². The van der Waals surface area contributed by atoms with Gasteiger partial charge in [0.05, 0.1) is 12.7 Å². The lowest BCUT2D eigenvalue weighted by Crippen LogP contribution is -2.24. The van der Waals surface area contributed by atoms with E-state index in [1.54, 1.807) is 0 Å². The number of carbonyl (C=O) groups excluding carboxylic acids is 3. The molecule has 6 heteroatoms. The van der Waals surface area contributed by atoms with Crippen LogP contribution in [0.2, 0.25) is 0 Å². The first-order chi connectivity index (χ1) is 11.9. The molecule has 0 aromatic heterocycles. The van der Waals surface area contributed by atoms with Crippen molar-refractivity contribution in [1.29, 1.82) is 0 Å². The van der Waals surface area contributed by atoms with Crippen LogP contribution < -0.4 is 0 Å². The monoisotopic (exact) mass is 340 g/mol. The van der Waals surface area contributed by atoms with Crippen molar-refractivity contribution < 1.29 is 29.3 Å². The Bertz CT molecular complexity index is 926. The summed E-state index contributed by atoms with van der Waals surface area (Å²) >= 11 is 0. The highest BCUT2D eigenvalue weighted by Crippen LogP contribution is 2.38. The Morgan fingerprint density at radius 3 is 2.40 bits per heavy atom. The molecule has 2 aromatic carbocycles. The molecule has 0 bridgehead atoms. The number of ether oxygens (including phenoxy) is 1. The van der Waals surface area contributed by atoms with Gasteiger partial charge in [0.25, 0.3) is 0 Å². The van der Waals surface area contributed by atoms with Gasteiger partial charge in [0.2, 0.25) is 0 Å². The van der Waals surface area contributed by atoms with E-state index in [0.29, 0.717) is 12.8 Å². The molecule has 6 nitrogen and oxygen atoms in total. The molecule has 0 radical (unpaired) electrons. The zero-order valence-electron chi connectivity index (χ0n) is 13.8. The lowest BCUT2D eigenvalue weighted by Gasteiger charge is -2.23. The third-order valence-corrected chi connectivity index (χ3v) is 4.29. The fraction of sp³-hybridized carbons (Fsp3) is 0.211. The summed E-state index contributed by atoms with van der Waals surface area (Å²) < 4.78 is 4.71. The van der Waals surface area contributed by atoms with Crippen LogP contribution in [0.1, 0.15) is 61.1 Å². The molecule has 25 heavy (non-hydrogen) atoms. The predicted octanol–water partition coefficient (Wildman–Crippen LogP) is 2.61. The van der Waals surface area contributed by atoms with Gasteiger partial charge in [-0.3, -0.25) is 9.59 Å². The van der Waals surface area contributed by atoms with Crippen LogP contribution in [0.25, 0.3) is 0 Å². The molecule has 0 amide bonds. The van der Waals surface area contributed by atoms with Gasteiger partial charge in [-0.1, -0.05) is 25.5 Å². The van der Waals surface area contributed by atoms with E-state index in [9.17, 15) is 24.6 Å². The third kappa shape index (κ3) is 2.38. The largest absolute Gasteiger partial charge is 0.507 e. The van der Waals surface area contributed by atoms with Gasteiger partial charge < -0.3 is 14.9 Å². The Balaban J connectivity index is 2.39. The van der Waals surface area contributed by atoms with E-state index < -0.39 is 23.3 Å². The first kappa shape index (κ1) is 16.7. The number of phenolic OH excluding ortho intramolecular Hbond substituents is 2. The lowest BCUT2D eigenvalue weighted by atomic mass is 9.79. The second kappa shape index (κ2) is 6.05. The van der Waals surface area contributed by atoms with Crippen molar-refractivity contribution in [2.75, 3.05) is 7.11 Å². The Morgan fingerprint density at radius 1 is 1.04 bits per heavy atom. The van der Waals surface area contributed by atoms with Crippen LogP contribution in [-0.4, -0.2) is 34.9 Å². The van der Waals surface area contributed by atoms with Gasteiger partial charge >= 0.3 is 5.97 Å². The first-order valence-electron chi connectivity index (χ1n) is 7.80. The van der Waals surface area contributed by atoms with Crippen molar-refractivity contribution in [3.05, 3.63) is 57.6 Å². The van der Waals surface area contributed by atoms with E-state index in [-0.39, 0.29) is 39.1 Å². The zero-order valence-corrected chi connectivity index (χ0v) is 13.8. The second-order valence-electron chi connectivity index (χ2n) is 5.77. The van der Waals surface area contributed by atoms with Gasteiger partial charge in [0.15, 0.2) is 11.6 Å². The van der Waals surface area contributed by atoms with E-state index in [4.69, 9.17) is 4.74 Å². The summed E-state index contributed by atoms with van der Waals surface area (Å²) in [6.45, 7) is 1.85. The quantitative estimate of drug-likeness (QED) is 0.711. The lowest BCUT2D eigenvalue weighted by molar-refractivity contribution is 0.0595. The molecular weight excluding hydrogens is 324 g/mol. The molecule has 0 atom stereocenters. The van der Waals surface area contributed by atoms with E-state index in [1.807, 2.05) is 6.92 Å². The van der Waals surface area contributed by atoms with Gasteiger partial charge in [-0.05, 0) is 24.1 Å². The number of fused-ring (bicyclic) bond motifs is 2. The minimum absolute atomic E-state index is 0.0247. The van der Waals surface area contributed by atoms with Crippen molar-refractivity contribution in [3.8, 4) is 11.5 Å². The zero-order chi connectivity index (χ0) is 18.3.